The molecule has 0 spiro atoms. The lowest BCUT2D eigenvalue weighted by Crippen LogP contribution is -2.03. The largest absolute Gasteiger partial charge is 0.496 e. The van der Waals surface area contributed by atoms with Gasteiger partial charge in [-0.15, -0.1) is 0 Å². The Kier molecular flexibility index (Phi) is 2.86. The van der Waals surface area contributed by atoms with Crippen LogP contribution in [0.15, 0.2) is 33.7 Å². The minimum atomic E-state index is -0.225. The Morgan fingerprint density at radius 2 is 2.05 bits per heavy atom. The highest BCUT2D eigenvalue weighted by Gasteiger charge is 2.14. The Morgan fingerprint density at radius 1 is 1.20 bits per heavy atom. The highest BCUT2D eigenvalue weighted by atomic mass is 16.5. The van der Waals surface area contributed by atoms with Crippen LogP contribution in [0.4, 0.5) is 0 Å². The van der Waals surface area contributed by atoms with E-state index in [1.807, 2.05) is 0 Å². The van der Waals surface area contributed by atoms with Gasteiger partial charge in [-0.05, 0) is 0 Å². The molecule has 102 valence electrons. The fourth-order valence-corrected chi connectivity index (χ4v) is 1.95. The molecule has 2 heterocycles. The fourth-order valence-electron chi connectivity index (χ4n) is 1.95. The maximum absolute atomic E-state index is 12.2. The van der Waals surface area contributed by atoms with E-state index in [-0.39, 0.29) is 5.43 Å². The van der Waals surface area contributed by atoms with Crippen molar-refractivity contribution in [3.63, 3.8) is 0 Å². The van der Waals surface area contributed by atoms with Crippen LogP contribution in [0.2, 0.25) is 0 Å². The molecule has 0 saturated carbocycles. The van der Waals surface area contributed by atoms with E-state index in [1.54, 1.807) is 12.1 Å². The number of rotatable bonds is 3. The van der Waals surface area contributed by atoms with E-state index in [4.69, 9.17) is 13.9 Å². The van der Waals surface area contributed by atoms with Crippen molar-refractivity contribution in [3.05, 3.63) is 34.7 Å². The van der Waals surface area contributed by atoms with Crippen molar-refractivity contribution < 1.29 is 13.9 Å². The molecule has 0 fully saturated rings. The highest BCUT2D eigenvalue weighted by Crippen LogP contribution is 2.30. The van der Waals surface area contributed by atoms with Crippen LogP contribution in [0.25, 0.3) is 22.6 Å². The van der Waals surface area contributed by atoms with Gasteiger partial charge in [0.1, 0.15) is 28.8 Å². The molecule has 0 saturated heterocycles. The molecule has 0 atom stereocenters. The lowest BCUT2D eigenvalue weighted by Gasteiger charge is -2.08. The van der Waals surface area contributed by atoms with E-state index in [9.17, 15) is 4.79 Å². The first kappa shape index (κ1) is 12.2. The summed E-state index contributed by atoms with van der Waals surface area (Å²) in [5, 5.41) is 6.73. The molecule has 7 heteroatoms. The fraction of sp³-hybridized carbons (Fsp3) is 0.154. The van der Waals surface area contributed by atoms with Crippen LogP contribution >= 0.6 is 0 Å². The number of methoxy groups -OCH3 is 2. The highest BCUT2D eigenvalue weighted by molar-refractivity contribution is 5.86. The molecule has 0 bridgehead atoms. The minimum Gasteiger partial charge on any atom is -0.496 e. The molecular formula is C13H11N3O4. The molecule has 3 aromatic rings. The number of benzene rings is 1. The standard InChI is InChI=1S/C13H11N3O4/c1-18-7-3-9(19-2)12-8(17)5-11(20-10(12)4-7)13-14-6-15-16-13/h3-6H,1-2H3,(H,14,15,16). The topological polar surface area (TPSA) is 90.2 Å². The second kappa shape index (κ2) is 4.69. The van der Waals surface area contributed by atoms with Crippen LogP contribution in [0, 0.1) is 0 Å². The van der Waals surface area contributed by atoms with Crippen molar-refractivity contribution in [1.82, 2.24) is 15.2 Å². The minimum absolute atomic E-state index is 0.225. The third-order valence-electron chi connectivity index (χ3n) is 2.87. The summed E-state index contributed by atoms with van der Waals surface area (Å²) < 4.78 is 16.0. The summed E-state index contributed by atoms with van der Waals surface area (Å²) in [6.07, 6.45) is 1.34. The maximum atomic E-state index is 12.2. The summed E-state index contributed by atoms with van der Waals surface area (Å²) in [7, 11) is 3.01. The van der Waals surface area contributed by atoms with Crippen molar-refractivity contribution >= 4 is 11.0 Å². The predicted octanol–water partition coefficient (Wildman–Crippen LogP) is 1.60. The van der Waals surface area contributed by atoms with Crippen LogP contribution < -0.4 is 14.9 Å². The second-order valence-corrected chi connectivity index (χ2v) is 4.01. The molecule has 2 aromatic heterocycles. The molecule has 0 radical (unpaired) electrons. The summed E-state index contributed by atoms with van der Waals surface area (Å²) in [6, 6.07) is 4.60. The lowest BCUT2D eigenvalue weighted by atomic mass is 10.2. The van der Waals surface area contributed by atoms with Gasteiger partial charge in [-0.2, -0.15) is 5.10 Å². The van der Waals surface area contributed by atoms with Gasteiger partial charge in [0, 0.05) is 18.2 Å². The zero-order chi connectivity index (χ0) is 14.1. The third-order valence-corrected chi connectivity index (χ3v) is 2.87. The molecule has 3 rings (SSSR count). The molecule has 0 unspecified atom stereocenters. The zero-order valence-electron chi connectivity index (χ0n) is 10.8. The number of fused-ring (bicyclic) bond motifs is 1. The van der Waals surface area contributed by atoms with Gasteiger partial charge in [0.25, 0.3) is 0 Å². The molecule has 0 aliphatic heterocycles. The van der Waals surface area contributed by atoms with Crippen molar-refractivity contribution in [3.8, 4) is 23.1 Å². The summed E-state index contributed by atoms with van der Waals surface area (Å²) >= 11 is 0. The summed E-state index contributed by atoms with van der Waals surface area (Å²) in [6.45, 7) is 0. The maximum Gasteiger partial charge on any atom is 0.197 e. The number of H-pyrrole nitrogens is 1. The average molecular weight is 273 g/mol. The summed E-state index contributed by atoms with van der Waals surface area (Å²) in [4.78, 5) is 16.2. The monoisotopic (exact) mass is 273 g/mol. The van der Waals surface area contributed by atoms with Gasteiger partial charge in [-0.1, -0.05) is 0 Å². The first-order valence-electron chi connectivity index (χ1n) is 5.78. The molecule has 1 N–H and O–H groups in total. The van der Waals surface area contributed by atoms with E-state index in [1.165, 1.54) is 26.6 Å². The number of aromatic amines is 1. The number of hydrogen-bond donors (Lipinski definition) is 1. The van der Waals surface area contributed by atoms with Gasteiger partial charge in [-0.25, -0.2) is 4.98 Å². The average Bonchev–Trinajstić information content (AvgIpc) is 2.99. The van der Waals surface area contributed by atoms with Crippen molar-refractivity contribution in [2.75, 3.05) is 14.2 Å². The third kappa shape index (κ3) is 1.89. The lowest BCUT2D eigenvalue weighted by molar-refractivity contribution is 0.396. The molecule has 1 aromatic carbocycles. The SMILES string of the molecule is COc1cc(OC)c2c(=O)cc(-c3ncn[nH]3)oc2c1. The smallest absolute Gasteiger partial charge is 0.197 e. The molecule has 0 aliphatic rings. The first-order chi connectivity index (χ1) is 9.72. The van der Waals surface area contributed by atoms with Crippen LogP contribution in [0.5, 0.6) is 11.5 Å². The first-order valence-corrected chi connectivity index (χ1v) is 5.78. The molecule has 7 nitrogen and oxygen atoms in total. The molecule has 0 amide bonds. The van der Waals surface area contributed by atoms with E-state index in [2.05, 4.69) is 15.2 Å². The number of ether oxygens (including phenoxy) is 2. The van der Waals surface area contributed by atoms with Gasteiger partial charge in [0.05, 0.1) is 14.2 Å². The Morgan fingerprint density at radius 3 is 2.70 bits per heavy atom. The van der Waals surface area contributed by atoms with Gasteiger partial charge >= 0.3 is 0 Å². The van der Waals surface area contributed by atoms with Crippen molar-refractivity contribution in [2.24, 2.45) is 0 Å². The molecule has 0 aliphatic carbocycles. The Hall–Kier alpha value is -2.83. The van der Waals surface area contributed by atoms with Crippen molar-refractivity contribution in [2.45, 2.75) is 0 Å². The van der Waals surface area contributed by atoms with Gasteiger partial charge in [-0.3, -0.25) is 9.89 Å². The predicted molar refractivity (Wildman–Crippen MR) is 71.0 cm³/mol. The zero-order valence-corrected chi connectivity index (χ0v) is 10.8. The quantitative estimate of drug-likeness (QED) is 0.779. The van der Waals surface area contributed by atoms with E-state index in [0.717, 1.165) is 0 Å². The summed E-state index contributed by atoms with van der Waals surface area (Å²) in [5.41, 5.74) is 0.136. The number of hydrogen-bond acceptors (Lipinski definition) is 6. The van der Waals surface area contributed by atoms with E-state index in [0.29, 0.717) is 34.1 Å². The van der Waals surface area contributed by atoms with Crippen molar-refractivity contribution in [1.29, 1.82) is 0 Å². The van der Waals surface area contributed by atoms with Gasteiger partial charge in [0.2, 0.25) is 0 Å². The van der Waals surface area contributed by atoms with Crippen LogP contribution in [0.1, 0.15) is 0 Å². The van der Waals surface area contributed by atoms with Gasteiger partial charge < -0.3 is 13.9 Å². The summed E-state index contributed by atoms with van der Waals surface area (Å²) in [5.74, 6) is 1.62. The van der Waals surface area contributed by atoms with Crippen LogP contribution in [-0.2, 0) is 0 Å². The van der Waals surface area contributed by atoms with E-state index < -0.39 is 0 Å². The Labute approximate surface area is 113 Å². The normalized spacial score (nSPS) is 10.7. The second-order valence-electron chi connectivity index (χ2n) is 4.01. The number of nitrogens with zero attached hydrogens (tertiary/aromatic N) is 2. The van der Waals surface area contributed by atoms with Gasteiger partial charge in [0.15, 0.2) is 17.0 Å². The van der Waals surface area contributed by atoms with E-state index >= 15 is 0 Å². The van der Waals surface area contributed by atoms with Crippen LogP contribution in [0.3, 0.4) is 0 Å². The number of nitrogens with one attached hydrogen (secondary N) is 1. The Balaban J connectivity index is 2.33. The molecule has 20 heavy (non-hydrogen) atoms. The molecular weight excluding hydrogens is 262 g/mol. The Bertz CT molecular complexity index is 808. The van der Waals surface area contributed by atoms with Crippen LogP contribution in [-0.4, -0.2) is 29.4 Å². The number of aromatic nitrogens is 3.